The molecule has 0 saturated heterocycles. The van der Waals surface area contributed by atoms with Crippen LogP contribution in [0.3, 0.4) is 0 Å². The van der Waals surface area contributed by atoms with Crippen molar-refractivity contribution in [2.45, 2.75) is 78.9 Å². The minimum Gasteiger partial charge on any atom is -0.478 e. The number of carbonyl (C=O) groups is 3. The van der Waals surface area contributed by atoms with Crippen LogP contribution >= 0.6 is 22.9 Å². The molecular formula is C30H46IN5O4. The summed E-state index contributed by atoms with van der Waals surface area (Å²) >= 11 is 2.11. The molecule has 3 atom stereocenters. The quantitative estimate of drug-likeness (QED) is 0.155. The van der Waals surface area contributed by atoms with Gasteiger partial charge < -0.3 is 28.7 Å². The van der Waals surface area contributed by atoms with Crippen molar-refractivity contribution in [1.82, 2.24) is 20.1 Å². The van der Waals surface area contributed by atoms with Gasteiger partial charge in [0.05, 0.1) is 40.5 Å². The molecule has 1 aromatic carbocycles. The van der Waals surface area contributed by atoms with Crippen LogP contribution in [-0.4, -0.2) is 64.6 Å². The summed E-state index contributed by atoms with van der Waals surface area (Å²) in [7, 11) is 5.41. The number of hydrogen-bond acceptors (Lipinski definition) is 5. The molecule has 2 aromatic rings. The molecule has 4 N–H and O–H groups in total. The first-order valence-corrected chi connectivity index (χ1v) is 14.6. The Balaban J connectivity index is 2.46. The number of rotatable bonds is 11. The zero-order chi connectivity index (χ0) is 30.7. The second-order valence-electron chi connectivity index (χ2n) is 12.6. The SMILES string of the molecule is CN[C@H](C(=O)N[C@H](C(=O)N(C)[C@H](/C=C(\C)C(=O)O)C(C)C)C(C)(C)C)C(C)(C)c1cn(C)c2cc(NI)ccc12. The van der Waals surface area contributed by atoms with E-state index in [-0.39, 0.29) is 23.3 Å². The van der Waals surface area contributed by atoms with E-state index in [1.54, 1.807) is 25.1 Å². The Morgan fingerprint density at radius 2 is 1.70 bits per heavy atom. The fourth-order valence-corrected chi connectivity index (χ4v) is 5.57. The molecule has 0 fully saturated rings. The number of aryl methyl sites for hydroxylation is 1. The number of aromatic nitrogens is 1. The predicted octanol–water partition coefficient (Wildman–Crippen LogP) is 4.85. The molecule has 0 unspecified atom stereocenters. The number of halogens is 1. The second-order valence-corrected chi connectivity index (χ2v) is 13.1. The van der Waals surface area contributed by atoms with Crippen molar-refractivity contribution in [2.75, 3.05) is 17.6 Å². The minimum absolute atomic E-state index is 0.0298. The lowest BCUT2D eigenvalue weighted by Crippen LogP contribution is -2.61. The number of carboxylic acid groups (broad SMARTS) is 1. The van der Waals surface area contributed by atoms with Crippen LogP contribution in [0.1, 0.15) is 61.0 Å². The lowest BCUT2D eigenvalue weighted by atomic mass is 9.76. The van der Waals surface area contributed by atoms with E-state index >= 15 is 0 Å². The Bertz CT molecular complexity index is 1270. The number of anilines is 1. The number of hydrogen-bond donors (Lipinski definition) is 4. The van der Waals surface area contributed by atoms with Crippen molar-refractivity contribution in [3.8, 4) is 0 Å². The van der Waals surface area contributed by atoms with Crippen LogP contribution in [0.4, 0.5) is 5.69 Å². The van der Waals surface area contributed by atoms with E-state index in [1.807, 2.05) is 61.6 Å². The van der Waals surface area contributed by atoms with Crippen molar-refractivity contribution >= 4 is 57.2 Å². The number of likely N-dealkylation sites (N-methyl/N-ethyl adjacent to an activating group) is 2. The highest BCUT2D eigenvalue weighted by atomic mass is 127. The number of aliphatic carboxylic acids is 1. The summed E-state index contributed by atoms with van der Waals surface area (Å²) in [6, 6.07) is 4.23. The highest BCUT2D eigenvalue weighted by Gasteiger charge is 2.42. The Morgan fingerprint density at radius 3 is 2.17 bits per heavy atom. The standard InChI is InChI=1S/C30H46IN5O4/c1-17(2)22(14-18(3)28(39)40)36(11)27(38)25(29(4,5)6)33-26(37)24(32-9)30(7,8)21-16-35(10)23-15-19(34-31)12-13-20(21)23/h12-17,22,24-25,32,34H,1-11H3,(H,33,37)(H,39,40)/b18-14+/t22-,24-,25-/m1/s1. The molecule has 0 aliphatic rings. The number of nitrogens with one attached hydrogen (secondary N) is 3. The Morgan fingerprint density at radius 1 is 1.10 bits per heavy atom. The van der Waals surface area contributed by atoms with Crippen LogP contribution in [-0.2, 0) is 26.8 Å². The van der Waals surface area contributed by atoms with Gasteiger partial charge in [0.15, 0.2) is 0 Å². The molecule has 40 heavy (non-hydrogen) atoms. The molecule has 1 heterocycles. The van der Waals surface area contributed by atoms with Crippen LogP contribution < -0.4 is 14.2 Å². The normalized spacial score (nSPS) is 15.1. The maximum absolute atomic E-state index is 13.9. The summed E-state index contributed by atoms with van der Waals surface area (Å²) < 4.78 is 5.20. The Kier molecular flexibility index (Phi) is 10.9. The average molecular weight is 668 g/mol. The molecule has 0 aliphatic carbocycles. The molecule has 0 bridgehead atoms. The molecule has 9 nitrogen and oxygen atoms in total. The highest BCUT2D eigenvalue weighted by Crippen LogP contribution is 2.36. The lowest BCUT2D eigenvalue weighted by Gasteiger charge is -2.39. The third-order valence-corrected chi connectivity index (χ3v) is 8.32. The summed E-state index contributed by atoms with van der Waals surface area (Å²) in [6.45, 7) is 15.2. The van der Waals surface area contributed by atoms with Crippen LogP contribution in [0.2, 0.25) is 0 Å². The van der Waals surface area contributed by atoms with E-state index in [2.05, 4.69) is 59.9 Å². The van der Waals surface area contributed by atoms with E-state index < -0.39 is 34.9 Å². The largest absolute Gasteiger partial charge is 0.478 e. The number of carbonyl (C=O) groups excluding carboxylic acids is 2. The van der Waals surface area contributed by atoms with Crippen LogP contribution in [0, 0.1) is 11.3 Å². The van der Waals surface area contributed by atoms with Gasteiger partial charge in [0.25, 0.3) is 0 Å². The van der Waals surface area contributed by atoms with Crippen molar-refractivity contribution in [2.24, 2.45) is 18.4 Å². The summed E-state index contributed by atoms with van der Waals surface area (Å²) in [5.41, 5.74) is 2.00. The maximum atomic E-state index is 13.9. The van der Waals surface area contributed by atoms with Crippen molar-refractivity contribution in [1.29, 1.82) is 0 Å². The minimum atomic E-state index is -1.03. The number of benzene rings is 1. The first-order chi connectivity index (χ1) is 18.4. The zero-order valence-corrected chi connectivity index (χ0v) is 27.8. The summed E-state index contributed by atoms with van der Waals surface area (Å²) in [5, 5.41) is 16.7. The zero-order valence-electron chi connectivity index (χ0n) is 25.6. The van der Waals surface area contributed by atoms with E-state index in [0.717, 1.165) is 22.2 Å². The van der Waals surface area contributed by atoms with E-state index in [0.29, 0.717) is 0 Å². The fourth-order valence-electron chi connectivity index (χ4n) is 5.24. The first-order valence-electron chi connectivity index (χ1n) is 13.5. The van der Waals surface area contributed by atoms with Gasteiger partial charge in [-0.3, -0.25) is 9.59 Å². The third kappa shape index (κ3) is 7.18. The smallest absolute Gasteiger partial charge is 0.331 e. The lowest BCUT2D eigenvalue weighted by molar-refractivity contribution is -0.141. The molecule has 2 rings (SSSR count). The van der Waals surface area contributed by atoms with Gasteiger partial charge in [-0.05, 0) is 43.0 Å². The van der Waals surface area contributed by atoms with Crippen LogP contribution in [0.5, 0.6) is 0 Å². The summed E-state index contributed by atoms with van der Waals surface area (Å²) in [5.74, 6) is -1.61. The number of carboxylic acids is 1. The van der Waals surface area contributed by atoms with Gasteiger partial charge >= 0.3 is 5.97 Å². The number of nitrogens with zero attached hydrogens (tertiary/aromatic N) is 2. The molecule has 10 heteroatoms. The molecule has 2 amide bonds. The average Bonchev–Trinajstić information content (AvgIpc) is 3.20. The monoisotopic (exact) mass is 667 g/mol. The molecule has 0 saturated carbocycles. The summed E-state index contributed by atoms with van der Waals surface area (Å²) in [4.78, 5) is 40.9. The molecule has 1 aromatic heterocycles. The molecule has 222 valence electrons. The second kappa shape index (κ2) is 12.9. The van der Waals surface area contributed by atoms with Crippen LogP contribution in [0.15, 0.2) is 36.0 Å². The van der Waals surface area contributed by atoms with Gasteiger partial charge in [-0.15, -0.1) is 0 Å². The van der Waals surface area contributed by atoms with Gasteiger partial charge in [-0.2, -0.15) is 0 Å². The number of amides is 2. The topological polar surface area (TPSA) is 116 Å². The van der Waals surface area contributed by atoms with Gasteiger partial charge in [0.2, 0.25) is 11.8 Å². The molecule has 0 radical (unpaired) electrons. The predicted molar refractivity (Wildman–Crippen MR) is 171 cm³/mol. The van der Waals surface area contributed by atoms with E-state index in [4.69, 9.17) is 0 Å². The van der Waals surface area contributed by atoms with E-state index in [1.165, 1.54) is 6.92 Å². The van der Waals surface area contributed by atoms with Gasteiger partial charge in [-0.1, -0.05) is 60.6 Å². The molecule has 0 aliphatic heterocycles. The van der Waals surface area contributed by atoms with Crippen molar-refractivity contribution in [3.63, 3.8) is 0 Å². The van der Waals surface area contributed by atoms with Crippen molar-refractivity contribution in [3.05, 3.63) is 41.6 Å². The highest BCUT2D eigenvalue weighted by molar-refractivity contribution is 14.1. The molecule has 0 spiro atoms. The first kappa shape index (κ1) is 33.6. The summed E-state index contributed by atoms with van der Waals surface area (Å²) in [6.07, 6.45) is 3.66. The Hall–Kier alpha value is -2.60. The maximum Gasteiger partial charge on any atom is 0.331 e. The Labute approximate surface area is 252 Å². The van der Waals surface area contributed by atoms with Crippen LogP contribution in [0.25, 0.3) is 10.9 Å². The fraction of sp³-hybridized carbons (Fsp3) is 0.567. The van der Waals surface area contributed by atoms with Gasteiger partial charge in [0.1, 0.15) is 6.04 Å². The van der Waals surface area contributed by atoms with Gasteiger partial charge in [0, 0.05) is 42.4 Å². The number of fused-ring (bicyclic) bond motifs is 1. The van der Waals surface area contributed by atoms with E-state index in [9.17, 15) is 19.5 Å². The molecular weight excluding hydrogens is 621 g/mol. The van der Waals surface area contributed by atoms with Gasteiger partial charge in [-0.25, -0.2) is 4.79 Å². The third-order valence-electron chi connectivity index (χ3n) is 7.70. The van der Waals surface area contributed by atoms with Crippen molar-refractivity contribution < 1.29 is 19.5 Å².